The molecule has 2 N–H and O–H groups in total. The maximum Gasteiger partial charge on any atom is 0.416 e. The zero-order chi connectivity index (χ0) is 23.7. The quantitative estimate of drug-likeness (QED) is 0.563. The lowest BCUT2D eigenvalue weighted by Crippen LogP contribution is -2.42. The van der Waals surface area contributed by atoms with Crippen LogP contribution in [0.2, 0.25) is 0 Å². The number of nitrogens with zero attached hydrogens (tertiary/aromatic N) is 2. The molecule has 1 amide bonds. The Kier molecular flexibility index (Phi) is 6.06. The largest absolute Gasteiger partial charge is 0.480 e. The molecule has 2 aromatic carbocycles. The first-order valence-electron chi connectivity index (χ1n) is 8.88. The zero-order valence-corrected chi connectivity index (χ0v) is 15.8. The van der Waals surface area contributed by atoms with Crippen molar-refractivity contribution in [2.45, 2.75) is 24.8 Å². The van der Waals surface area contributed by atoms with E-state index in [4.69, 9.17) is 0 Å². The van der Waals surface area contributed by atoms with Crippen LogP contribution in [0.1, 0.15) is 27.2 Å². The predicted octanol–water partition coefficient (Wildman–Crippen LogP) is 4.09. The minimum atomic E-state index is -5.15. The molecule has 0 spiro atoms. The summed E-state index contributed by atoms with van der Waals surface area (Å²) in [4.78, 5) is 32.2. The smallest absolute Gasteiger partial charge is 0.416 e. The van der Waals surface area contributed by atoms with Crippen LogP contribution in [0.3, 0.4) is 0 Å². The number of halogens is 6. The summed E-state index contributed by atoms with van der Waals surface area (Å²) in [7, 11) is 0. The number of carbonyl (C=O) groups excluding carboxylic acids is 1. The van der Waals surface area contributed by atoms with Gasteiger partial charge in [0.1, 0.15) is 6.04 Å². The van der Waals surface area contributed by atoms with Crippen LogP contribution in [-0.4, -0.2) is 33.0 Å². The third-order valence-corrected chi connectivity index (χ3v) is 4.36. The Morgan fingerprint density at radius 3 is 2.03 bits per heavy atom. The molecular weight excluding hydrogens is 444 g/mol. The van der Waals surface area contributed by atoms with Gasteiger partial charge in [0.15, 0.2) is 0 Å². The van der Waals surface area contributed by atoms with Gasteiger partial charge in [-0.25, -0.2) is 9.78 Å². The first-order chi connectivity index (χ1) is 14.8. The molecule has 0 aliphatic heterocycles. The van der Waals surface area contributed by atoms with E-state index in [0.717, 1.165) is 0 Å². The number of hydrogen-bond acceptors (Lipinski definition) is 4. The lowest BCUT2D eigenvalue weighted by molar-refractivity contribution is -0.143. The van der Waals surface area contributed by atoms with Crippen molar-refractivity contribution in [3.8, 4) is 0 Å². The first-order valence-corrected chi connectivity index (χ1v) is 8.88. The number of carbonyl (C=O) groups is 2. The summed E-state index contributed by atoms with van der Waals surface area (Å²) in [5.41, 5.74) is -3.25. The Bertz CT molecular complexity index is 1140. The fourth-order valence-electron chi connectivity index (χ4n) is 2.83. The van der Waals surface area contributed by atoms with Crippen molar-refractivity contribution in [2.24, 2.45) is 0 Å². The molecule has 1 aromatic heterocycles. The molecule has 0 saturated carbocycles. The van der Waals surface area contributed by atoms with Crippen LogP contribution in [-0.2, 0) is 23.6 Å². The molecule has 0 bridgehead atoms. The number of aromatic nitrogens is 2. The Labute approximate surface area is 175 Å². The van der Waals surface area contributed by atoms with Gasteiger partial charge in [0, 0.05) is 18.2 Å². The maximum absolute atomic E-state index is 13.0. The molecule has 1 heterocycles. The van der Waals surface area contributed by atoms with Gasteiger partial charge in [-0.05, 0) is 30.3 Å². The van der Waals surface area contributed by atoms with Crippen molar-refractivity contribution in [3.05, 3.63) is 71.0 Å². The highest BCUT2D eigenvalue weighted by Gasteiger charge is 2.37. The summed E-state index contributed by atoms with van der Waals surface area (Å²) in [5.74, 6) is -2.97. The van der Waals surface area contributed by atoms with E-state index >= 15 is 0 Å². The number of fused-ring (bicyclic) bond motifs is 1. The van der Waals surface area contributed by atoms with E-state index in [1.807, 2.05) is 5.32 Å². The summed E-state index contributed by atoms with van der Waals surface area (Å²) in [6, 6.07) is 5.29. The van der Waals surface area contributed by atoms with E-state index < -0.39 is 53.4 Å². The summed E-state index contributed by atoms with van der Waals surface area (Å²) in [5, 5.41) is 11.3. The van der Waals surface area contributed by atoms with Crippen molar-refractivity contribution in [3.63, 3.8) is 0 Å². The number of para-hydroxylation sites is 2. The minimum absolute atomic E-state index is 0.129. The molecule has 0 saturated heterocycles. The van der Waals surface area contributed by atoms with Crippen molar-refractivity contribution in [1.29, 1.82) is 0 Å². The van der Waals surface area contributed by atoms with Crippen LogP contribution in [0.4, 0.5) is 26.3 Å². The molecule has 0 radical (unpaired) electrons. The molecule has 12 heteroatoms. The van der Waals surface area contributed by atoms with Gasteiger partial charge in [-0.15, -0.1) is 0 Å². The van der Waals surface area contributed by atoms with Crippen molar-refractivity contribution < 1.29 is 41.0 Å². The van der Waals surface area contributed by atoms with Gasteiger partial charge in [0.05, 0.1) is 27.9 Å². The van der Waals surface area contributed by atoms with Gasteiger partial charge in [0.25, 0.3) is 5.91 Å². The fourth-order valence-corrected chi connectivity index (χ4v) is 2.83. The molecule has 1 atom stereocenters. The summed E-state index contributed by atoms with van der Waals surface area (Å²) in [6.07, 6.45) is -9.44. The Morgan fingerprint density at radius 2 is 1.50 bits per heavy atom. The summed E-state index contributed by atoms with van der Waals surface area (Å²) in [6.45, 7) is 0. The van der Waals surface area contributed by atoms with Gasteiger partial charge >= 0.3 is 18.3 Å². The van der Waals surface area contributed by atoms with Gasteiger partial charge in [-0.3, -0.25) is 9.78 Å². The molecular formula is C20H13F6N3O3. The number of rotatable bonds is 5. The molecule has 3 aromatic rings. The lowest BCUT2D eigenvalue weighted by atomic mass is 10.0. The average molecular weight is 457 g/mol. The lowest BCUT2D eigenvalue weighted by Gasteiger charge is -2.17. The van der Waals surface area contributed by atoms with E-state index in [9.17, 15) is 41.0 Å². The fraction of sp³-hybridized carbons (Fsp3) is 0.200. The predicted molar refractivity (Wildman–Crippen MR) is 98.6 cm³/mol. The van der Waals surface area contributed by atoms with Crippen LogP contribution >= 0.6 is 0 Å². The Balaban J connectivity index is 1.89. The highest BCUT2D eigenvalue weighted by atomic mass is 19.4. The van der Waals surface area contributed by atoms with Crippen molar-refractivity contribution in [2.75, 3.05) is 0 Å². The second kappa shape index (κ2) is 8.44. The Hall–Kier alpha value is -3.70. The molecule has 0 unspecified atom stereocenters. The van der Waals surface area contributed by atoms with E-state index in [1.165, 1.54) is 6.20 Å². The standard InChI is InChI=1S/C20H13F6N3O3/c21-19(22,23)11-5-10(6-12(7-11)20(24,25)26)17(30)29-16(18(31)32)8-13-9-27-14-3-1-2-4-15(14)28-13/h1-7,9,16H,8H2,(H,29,30)(H,31,32)/t16-/m0/s1. The summed E-state index contributed by atoms with van der Waals surface area (Å²) >= 11 is 0. The second-order valence-electron chi connectivity index (χ2n) is 6.71. The molecule has 168 valence electrons. The van der Waals surface area contributed by atoms with Crippen LogP contribution in [0.25, 0.3) is 11.0 Å². The number of carboxylic acid groups (broad SMARTS) is 1. The van der Waals surface area contributed by atoms with Crippen LogP contribution in [0, 0.1) is 0 Å². The first kappa shape index (κ1) is 23.0. The topological polar surface area (TPSA) is 92.2 Å². The SMILES string of the molecule is O=C(N[C@@H](Cc1cnc2ccccc2n1)C(=O)O)c1cc(C(F)(F)F)cc(C(F)(F)F)c1. The average Bonchev–Trinajstić information content (AvgIpc) is 2.71. The number of carboxylic acids is 1. The van der Waals surface area contributed by atoms with Gasteiger partial charge < -0.3 is 10.4 Å². The van der Waals surface area contributed by atoms with Crippen LogP contribution < -0.4 is 5.32 Å². The van der Waals surface area contributed by atoms with E-state index in [-0.39, 0.29) is 23.9 Å². The van der Waals surface area contributed by atoms with Crippen LogP contribution in [0.5, 0.6) is 0 Å². The molecule has 0 aliphatic carbocycles. The molecule has 6 nitrogen and oxygen atoms in total. The van der Waals surface area contributed by atoms with Gasteiger partial charge in [-0.2, -0.15) is 26.3 Å². The molecule has 32 heavy (non-hydrogen) atoms. The van der Waals surface area contributed by atoms with Crippen molar-refractivity contribution in [1.82, 2.24) is 15.3 Å². The van der Waals surface area contributed by atoms with Crippen LogP contribution in [0.15, 0.2) is 48.7 Å². The number of nitrogens with one attached hydrogen (secondary N) is 1. The highest BCUT2D eigenvalue weighted by Crippen LogP contribution is 2.36. The molecule has 3 rings (SSSR count). The zero-order valence-electron chi connectivity index (χ0n) is 15.8. The molecule has 0 aliphatic rings. The minimum Gasteiger partial charge on any atom is -0.480 e. The van der Waals surface area contributed by atoms with Gasteiger partial charge in [-0.1, -0.05) is 12.1 Å². The van der Waals surface area contributed by atoms with Gasteiger partial charge in [0.2, 0.25) is 0 Å². The third-order valence-electron chi connectivity index (χ3n) is 4.36. The number of hydrogen-bond donors (Lipinski definition) is 2. The number of amides is 1. The number of aliphatic carboxylic acids is 1. The summed E-state index contributed by atoms with van der Waals surface area (Å²) < 4.78 is 78.0. The van der Waals surface area contributed by atoms with E-state index in [2.05, 4.69) is 9.97 Å². The number of alkyl halides is 6. The number of benzene rings is 2. The Morgan fingerprint density at radius 1 is 0.938 bits per heavy atom. The normalized spacial score (nSPS) is 13.1. The second-order valence-corrected chi connectivity index (χ2v) is 6.71. The van der Waals surface area contributed by atoms with Crippen molar-refractivity contribution >= 4 is 22.9 Å². The monoisotopic (exact) mass is 457 g/mol. The maximum atomic E-state index is 13.0. The van der Waals surface area contributed by atoms with E-state index in [0.29, 0.717) is 11.0 Å². The molecule has 0 fully saturated rings. The van der Waals surface area contributed by atoms with E-state index in [1.54, 1.807) is 24.3 Å². The third kappa shape index (κ3) is 5.31. The highest BCUT2D eigenvalue weighted by molar-refractivity contribution is 5.97.